The fourth-order valence-corrected chi connectivity index (χ4v) is 3.78. The molecule has 0 bridgehead atoms. The molecule has 0 N–H and O–H groups in total. The summed E-state index contributed by atoms with van der Waals surface area (Å²) in [5.74, 6) is 0.690. The quantitative estimate of drug-likeness (QED) is 0.490. The van der Waals surface area contributed by atoms with Crippen LogP contribution in [0.3, 0.4) is 0 Å². The number of amides is 1. The van der Waals surface area contributed by atoms with Gasteiger partial charge < -0.3 is 9.64 Å². The lowest BCUT2D eigenvalue weighted by atomic mass is 10.1. The zero-order valence-corrected chi connectivity index (χ0v) is 16.5. The molecule has 5 rings (SSSR count). The number of pyridine rings is 2. The monoisotopic (exact) mass is 396 g/mol. The number of carbonyl (C=O) groups excluding carboxylic acids is 1. The molecule has 0 atom stereocenters. The number of hydrogen-bond donors (Lipinski definition) is 0. The summed E-state index contributed by atoms with van der Waals surface area (Å²) < 4.78 is 7.31. The minimum atomic E-state index is -0.0267. The lowest BCUT2D eigenvalue weighted by Crippen LogP contribution is -2.22. The third-order valence-electron chi connectivity index (χ3n) is 5.34. The van der Waals surface area contributed by atoms with Crippen molar-refractivity contribution in [2.45, 2.75) is 13.1 Å². The van der Waals surface area contributed by atoms with Crippen LogP contribution in [0, 0.1) is 0 Å². The lowest BCUT2D eigenvalue weighted by molar-refractivity contribution is -0.126. The second kappa shape index (κ2) is 7.48. The molecule has 6 nitrogen and oxygen atoms in total. The van der Waals surface area contributed by atoms with Crippen LogP contribution in [0.2, 0.25) is 0 Å². The number of ether oxygens (including phenoxy) is 1. The number of benzene rings is 1. The van der Waals surface area contributed by atoms with E-state index in [-0.39, 0.29) is 5.91 Å². The van der Waals surface area contributed by atoms with Crippen LogP contribution >= 0.6 is 0 Å². The fourth-order valence-electron chi connectivity index (χ4n) is 3.78. The van der Waals surface area contributed by atoms with Crippen molar-refractivity contribution >= 4 is 17.6 Å². The molecule has 4 aromatic rings. The molecule has 1 amide bonds. The Labute approximate surface area is 174 Å². The number of fused-ring (bicyclic) bond motifs is 2. The van der Waals surface area contributed by atoms with Crippen molar-refractivity contribution in [2.75, 3.05) is 7.11 Å². The Hall–Kier alpha value is -3.93. The molecule has 1 aliphatic heterocycles. The first-order valence-electron chi connectivity index (χ1n) is 9.73. The van der Waals surface area contributed by atoms with E-state index in [1.165, 1.54) is 11.1 Å². The van der Waals surface area contributed by atoms with Crippen LogP contribution in [0.1, 0.15) is 16.8 Å². The van der Waals surface area contributed by atoms with Gasteiger partial charge in [0.2, 0.25) is 5.91 Å². The minimum Gasteiger partial charge on any atom is -0.495 e. The highest BCUT2D eigenvalue weighted by molar-refractivity contribution is 5.93. The first kappa shape index (κ1) is 18.1. The summed E-state index contributed by atoms with van der Waals surface area (Å²) in [6, 6.07) is 15.8. The van der Waals surface area contributed by atoms with E-state index in [2.05, 4.69) is 17.1 Å². The van der Waals surface area contributed by atoms with Gasteiger partial charge in [-0.15, -0.1) is 0 Å². The van der Waals surface area contributed by atoms with E-state index < -0.39 is 0 Å². The zero-order valence-electron chi connectivity index (χ0n) is 16.5. The van der Waals surface area contributed by atoms with E-state index in [1.807, 2.05) is 58.0 Å². The predicted octanol–water partition coefficient (Wildman–Crippen LogP) is 3.96. The van der Waals surface area contributed by atoms with E-state index in [9.17, 15) is 4.79 Å². The van der Waals surface area contributed by atoms with Gasteiger partial charge in [0.1, 0.15) is 11.4 Å². The molecule has 148 valence electrons. The van der Waals surface area contributed by atoms with Crippen molar-refractivity contribution in [3.8, 4) is 17.0 Å². The van der Waals surface area contributed by atoms with Crippen LogP contribution in [0.25, 0.3) is 23.0 Å². The van der Waals surface area contributed by atoms with Gasteiger partial charge in [-0.2, -0.15) is 0 Å². The third kappa shape index (κ3) is 3.22. The Morgan fingerprint density at radius 3 is 2.57 bits per heavy atom. The fraction of sp³-hybridized carbons (Fsp3) is 0.125. The van der Waals surface area contributed by atoms with Crippen LogP contribution in [-0.4, -0.2) is 32.3 Å². The first-order chi connectivity index (χ1) is 14.7. The average molecular weight is 396 g/mol. The predicted molar refractivity (Wildman–Crippen MR) is 115 cm³/mol. The molecule has 4 heterocycles. The van der Waals surface area contributed by atoms with E-state index >= 15 is 0 Å². The maximum Gasteiger partial charge on any atom is 0.247 e. The summed E-state index contributed by atoms with van der Waals surface area (Å²) in [6.07, 6.45) is 8.82. The largest absolute Gasteiger partial charge is 0.495 e. The second-order valence-electron chi connectivity index (χ2n) is 7.18. The minimum absolute atomic E-state index is 0.0267. The highest BCUT2D eigenvalue weighted by atomic mass is 16.5. The van der Waals surface area contributed by atoms with E-state index in [1.54, 1.807) is 25.6 Å². The molecule has 6 heteroatoms. The van der Waals surface area contributed by atoms with Crippen LogP contribution in [0.5, 0.6) is 5.75 Å². The lowest BCUT2D eigenvalue weighted by Gasteiger charge is -2.12. The van der Waals surface area contributed by atoms with Crippen LogP contribution in [0.15, 0.2) is 73.2 Å². The molecule has 0 aliphatic carbocycles. The highest BCUT2D eigenvalue weighted by Gasteiger charge is 2.21. The summed E-state index contributed by atoms with van der Waals surface area (Å²) in [7, 11) is 1.63. The maximum absolute atomic E-state index is 12.9. The molecule has 30 heavy (non-hydrogen) atoms. The van der Waals surface area contributed by atoms with Gasteiger partial charge in [-0.25, -0.2) is 4.98 Å². The molecule has 0 saturated carbocycles. The summed E-state index contributed by atoms with van der Waals surface area (Å²) >= 11 is 0. The van der Waals surface area contributed by atoms with Gasteiger partial charge in [0.25, 0.3) is 0 Å². The SMILES string of the molecule is COc1ccc2nc(-c3cccnc3)c(/C=C/C(=O)N3Cc4ccccc4C3)n2c1. The summed E-state index contributed by atoms with van der Waals surface area (Å²) in [5, 5.41) is 0. The van der Waals surface area contributed by atoms with Crippen molar-refractivity contribution < 1.29 is 9.53 Å². The van der Waals surface area contributed by atoms with Crippen molar-refractivity contribution in [1.82, 2.24) is 19.3 Å². The van der Waals surface area contributed by atoms with Crippen molar-refractivity contribution in [3.05, 3.63) is 90.0 Å². The van der Waals surface area contributed by atoms with Gasteiger partial charge in [0.05, 0.1) is 24.7 Å². The van der Waals surface area contributed by atoms with Gasteiger partial charge >= 0.3 is 0 Å². The summed E-state index contributed by atoms with van der Waals surface area (Å²) in [6.45, 7) is 1.27. The van der Waals surface area contributed by atoms with Crippen LogP contribution < -0.4 is 4.74 Å². The van der Waals surface area contributed by atoms with Gasteiger partial charge in [-0.05, 0) is 41.5 Å². The maximum atomic E-state index is 12.9. The molecule has 1 aromatic carbocycles. The number of carbonyl (C=O) groups is 1. The van der Waals surface area contributed by atoms with Gasteiger partial charge in [-0.1, -0.05) is 24.3 Å². The zero-order chi connectivity index (χ0) is 20.5. The summed E-state index contributed by atoms with van der Waals surface area (Å²) in [4.78, 5) is 23.7. The first-order valence-corrected chi connectivity index (χ1v) is 9.73. The van der Waals surface area contributed by atoms with E-state index in [4.69, 9.17) is 9.72 Å². The van der Waals surface area contributed by atoms with Crippen molar-refractivity contribution in [1.29, 1.82) is 0 Å². The van der Waals surface area contributed by atoms with Crippen molar-refractivity contribution in [3.63, 3.8) is 0 Å². The molecular weight excluding hydrogens is 376 g/mol. The number of aromatic nitrogens is 3. The second-order valence-corrected chi connectivity index (χ2v) is 7.18. The number of imidazole rings is 1. The number of hydrogen-bond acceptors (Lipinski definition) is 4. The Morgan fingerprint density at radius 2 is 1.87 bits per heavy atom. The molecule has 1 aliphatic rings. The number of nitrogens with zero attached hydrogens (tertiary/aromatic N) is 4. The molecular formula is C24H20N4O2. The number of methoxy groups -OCH3 is 1. The van der Waals surface area contributed by atoms with E-state index in [0.29, 0.717) is 18.8 Å². The molecule has 0 saturated heterocycles. The topological polar surface area (TPSA) is 59.7 Å². The standard InChI is InChI=1S/C24H20N4O2/c1-30-20-8-10-22-26-24(17-7-4-12-25-13-17)21(28(22)16-20)9-11-23(29)27-14-18-5-2-3-6-19(18)15-27/h2-13,16H,14-15H2,1H3/b11-9+. The smallest absolute Gasteiger partial charge is 0.247 e. The Morgan fingerprint density at radius 1 is 1.07 bits per heavy atom. The normalized spacial score (nSPS) is 13.2. The highest BCUT2D eigenvalue weighted by Crippen LogP contribution is 2.27. The van der Waals surface area contributed by atoms with Crippen LogP contribution in [-0.2, 0) is 17.9 Å². The van der Waals surface area contributed by atoms with Gasteiger partial charge in [-0.3, -0.25) is 14.2 Å². The van der Waals surface area contributed by atoms with Crippen molar-refractivity contribution in [2.24, 2.45) is 0 Å². The third-order valence-corrected chi connectivity index (χ3v) is 5.34. The molecule has 0 spiro atoms. The average Bonchev–Trinajstić information content (AvgIpc) is 3.39. The summed E-state index contributed by atoms with van der Waals surface area (Å²) in [5.41, 5.74) is 5.65. The molecule has 0 radical (unpaired) electrons. The molecule has 0 unspecified atom stereocenters. The van der Waals surface area contributed by atoms with Gasteiger partial charge in [0.15, 0.2) is 0 Å². The Kier molecular flexibility index (Phi) is 4.52. The van der Waals surface area contributed by atoms with Gasteiger partial charge in [0, 0.05) is 37.1 Å². The Balaban J connectivity index is 1.52. The molecule has 0 fully saturated rings. The molecule has 3 aromatic heterocycles. The number of rotatable bonds is 4. The Bertz CT molecular complexity index is 1240. The van der Waals surface area contributed by atoms with Crippen LogP contribution in [0.4, 0.5) is 0 Å². The van der Waals surface area contributed by atoms with E-state index in [0.717, 1.165) is 22.6 Å².